The van der Waals surface area contributed by atoms with Crippen molar-refractivity contribution >= 4 is 11.3 Å². The third-order valence-electron chi connectivity index (χ3n) is 2.70. The number of methoxy groups -OCH3 is 1. The summed E-state index contributed by atoms with van der Waals surface area (Å²) in [6, 6.07) is 13.0. The number of hydrogen-bond donors (Lipinski definition) is 0. The molecule has 3 rings (SSSR count). The molecule has 0 atom stereocenters. The number of aromatic nitrogens is 2. The van der Waals surface area contributed by atoms with Gasteiger partial charge in [0.1, 0.15) is 16.7 Å². The average Bonchev–Trinajstić information content (AvgIpc) is 3.16. The fraction of sp³-hybridized carbons (Fsp3) is 0.0714. The summed E-state index contributed by atoms with van der Waals surface area (Å²) in [7, 11) is 1.62. The van der Waals surface area contributed by atoms with E-state index in [0.29, 0.717) is 16.6 Å². The van der Waals surface area contributed by atoms with Crippen LogP contribution >= 0.6 is 11.3 Å². The first-order chi connectivity index (χ1) is 9.80. The molecule has 0 aliphatic carbocycles. The number of thiophene rings is 1. The lowest BCUT2D eigenvalue weighted by molar-refractivity contribution is 0.415. The minimum atomic E-state index is 0.419. The summed E-state index contributed by atoms with van der Waals surface area (Å²) in [6.07, 6.45) is 0. The normalized spacial score (nSPS) is 10.2. The third kappa shape index (κ3) is 2.27. The van der Waals surface area contributed by atoms with E-state index in [1.165, 1.54) is 11.3 Å². The molecule has 0 spiro atoms. The van der Waals surface area contributed by atoms with Gasteiger partial charge in [0.25, 0.3) is 5.89 Å². The van der Waals surface area contributed by atoms with Crippen LogP contribution in [0.5, 0.6) is 5.75 Å². The van der Waals surface area contributed by atoms with Gasteiger partial charge < -0.3 is 9.26 Å². The van der Waals surface area contributed by atoms with Gasteiger partial charge in [0.2, 0.25) is 5.82 Å². The van der Waals surface area contributed by atoms with E-state index in [9.17, 15) is 0 Å². The Kier molecular flexibility index (Phi) is 3.19. The molecule has 0 unspecified atom stereocenters. The maximum absolute atomic E-state index is 8.81. The predicted octanol–water partition coefficient (Wildman–Crippen LogP) is 3.35. The number of hydrogen-bond acceptors (Lipinski definition) is 6. The largest absolute Gasteiger partial charge is 0.497 e. The number of benzene rings is 1. The molecule has 6 heteroatoms. The predicted molar refractivity (Wildman–Crippen MR) is 74.3 cm³/mol. The molecule has 0 saturated carbocycles. The maximum atomic E-state index is 8.81. The summed E-state index contributed by atoms with van der Waals surface area (Å²) < 4.78 is 10.3. The molecule has 2 heterocycles. The van der Waals surface area contributed by atoms with Crippen molar-refractivity contribution in [2.45, 2.75) is 0 Å². The van der Waals surface area contributed by atoms with Crippen molar-refractivity contribution in [2.24, 2.45) is 0 Å². The van der Waals surface area contributed by atoms with Gasteiger partial charge >= 0.3 is 0 Å². The lowest BCUT2D eigenvalue weighted by atomic mass is 10.2. The Morgan fingerprint density at radius 2 is 2.00 bits per heavy atom. The zero-order chi connectivity index (χ0) is 13.9. The highest BCUT2D eigenvalue weighted by molar-refractivity contribution is 7.15. The molecule has 0 bridgehead atoms. The smallest absolute Gasteiger partial charge is 0.268 e. The van der Waals surface area contributed by atoms with Gasteiger partial charge in [0, 0.05) is 5.56 Å². The summed E-state index contributed by atoms with van der Waals surface area (Å²) in [5.74, 6) is 1.70. The highest BCUT2D eigenvalue weighted by Gasteiger charge is 2.12. The van der Waals surface area contributed by atoms with E-state index in [1.807, 2.05) is 24.3 Å². The van der Waals surface area contributed by atoms with Gasteiger partial charge in [-0.1, -0.05) is 5.16 Å². The van der Waals surface area contributed by atoms with Crippen molar-refractivity contribution in [3.8, 4) is 34.0 Å². The number of ether oxygens (including phenoxy) is 1. The molecule has 0 aliphatic rings. The average molecular weight is 283 g/mol. The minimum Gasteiger partial charge on any atom is -0.497 e. The van der Waals surface area contributed by atoms with Crippen LogP contribution in [0.2, 0.25) is 0 Å². The molecule has 0 radical (unpaired) electrons. The zero-order valence-corrected chi connectivity index (χ0v) is 11.3. The SMILES string of the molecule is COc1ccc(-c2noc(-c3ccc(C#N)s3)n2)cc1. The van der Waals surface area contributed by atoms with Crippen LogP contribution in [-0.4, -0.2) is 17.3 Å². The summed E-state index contributed by atoms with van der Waals surface area (Å²) in [5.41, 5.74) is 0.845. The Morgan fingerprint density at radius 1 is 1.20 bits per heavy atom. The fourth-order valence-electron chi connectivity index (χ4n) is 1.69. The van der Waals surface area contributed by atoms with Gasteiger partial charge in [-0.05, 0) is 36.4 Å². The van der Waals surface area contributed by atoms with Gasteiger partial charge in [0.15, 0.2) is 0 Å². The van der Waals surface area contributed by atoms with E-state index < -0.39 is 0 Å². The van der Waals surface area contributed by atoms with E-state index in [2.05, 4.69) is 16.2 Å². The molecular weight excluding hydrogens is 274 g/mol. The van der Waals surface area contributed by atoms with Crippen LogP contribution in [0.25, 0.3) is 22.2 Å². The highest BCUT2D eigenvalue weighted by atomic mass is 32.1. The molecule has 0 amide bonds. The van der Waals surface area contributed by atoms with E-state index >= 15 is 0 Å². The van der Waals surface area contributed by atoms with Crippen LogP contribution in [0.1, 0.15) is 4.88 Å². The van der Waals surface area contributed by atoms with Crippen LogP contribution in [0.4, 0.5) is 0 Å². The van der Waals surface area contributed by atoms with Gasteiger partial charge in [-0.15, -0.1) is 11.3 Å². The van der Waals surface area contributed by atoms with Crippen LogP contribution in [0.15, 0.2) is 40.9 Å². The Hall–Kier alpha value is -2.65. The third-order valence-corrected chi connectivity index (χ3v) is 3.68. The van der Waals surface area contributed by atoms with Crippen molar-refractivity contribution in [1.29, 1.82) is 5.26 Å². The second-order valence-electron chi connectivity index (χ2n) is 3.93. The van der Waals surface area contributed by atoms with Gasteiger partial charge in [0.05, 0.1) is 12.0 Å². The monoisotopic (exact) mass is 283 g/mol. The van der Waals surface area contributed by atoms with Crippen LogP contribution < -0.4 is 4.74 Å². The van der Waals surface area contributed by atoms with E-state index in [-0.39, 0.29) is 0 Å². The van der Waals surface area contributed by atoms with Gasteiger partial charge in [-0.3, -0.25) is 0 Å². The van der Waals surface area contributed by atoms with Crippen molar-refractivity contribution in [2.75, 3.05) is 7.11 Å². The molecule has 3 aromatic rings. The molecule has 5 nitrogen and oxygen atoms in total. The van der Waals surface area contributed by atoms with Gasteiger partial charge in [-0.25, -0.2) is 0 Å². The summed E-state index contributed by atoms with van der Waals surface area (Å²) in [5, 5.41) is 12.8. The fourth-order valence-corrected chi connectivity index (χ4v) is 2.42. The highest BCUT2D eigenvalue weighted by Crippen LogP contribution is 2.28. The lowest BCUT2D eigenvalue weighted by Crippen LogP contribution is -1.84. The summed E-state index contributed by atoms with van der Waals surface area (Å²) >= 11 is 1.32. The molecule has 98 valence electrons. The standard InChI is InChI=1S/C14H9N3O2S/c1-18-10-4-2-9(3-5-10)13-16-14(19-17-13)12-7-6-11(8-15)20-12/h2-7H,1H3. The van der Waals surface area contributed by atoms with E-state index in [1.54, 1.807) is 19.2 Å². The number of nitriles is 1. The van der Waals surface area contributed by atoms with Crippen LogP contribution in [-0.2, 0) is 0 Å². The lowest BCUT2D eigenvalue weighted by Gasteiger charge is -1.98. The molecule has 0 fully saturated rings. The van der Waals surface area contributed by atoms with Crippen LogP contribution in [0, 0.1) is 11.3 Å². The Morgan fingerprint density at radius 3 is 2.65 bits per heavy atom. The van der Waals surface area contributed by atoms with Crippen molar-refractivity contribution in [3.05, 3.63) is 41.3 Å². The zero-order valence-electron chi connectivity index (χ0n) is 10.5. The van der Waals surface area contributed by atoms with Crippen molar-refractivity contribution in [1.82, 2.24) is 10.1 Å². The first kappa shape index (κ1) is 12.4. The number of rotatable bonds is 3. The van der Waals surface area contributed by atoms with Gasteiger partial charge in [-0.2, -0.15) is 10.2 Å². The van der Waals surface area contributed by atoms with Crippen molar-refractivity contribution < 1.29 is 9.26 Å². The first-order valence-electron chi connectivity index (χ1n) is 5.78. The summed E-state index contributed by atoms with van der Waals surface area (Å²) in [6.45, 7) is 0. The number of nitrogens with zero attached hydrogens (tertiary/aromatic N) is 3. The van der Waals surface area contributed by atoms with Crippen molar-refractivity contribution in [3.63, 3.8) is 0 Å². The second kappa shape index (κ2) is 5.15. The van der Waals surface area contributed by atoms with E-state index in [4.69, 9.17) is 14.5 Å². The summed E-state index contributed by atoms with van der Waals surface area (Å²) in [4.78, 5) is 5.74. The molecular formula is C14H9N3O2S. The molecule has 0 saturated heterocycles. The topological polar surface area (TPSA) is 71.9 Å². The quantitative estimate of drug-likeness (QED) is 0.737. The molecule has 1 aromatic carbocycles. The Bertz CT molecular complexity index is 768. The molecule has 20 heavy (non-hydrogen) atoms. The molecule has 0 N–H and O–H groups in total. The Labute approximate surface area is 119 Å². The minimum absolute atomic E-state index is 0.419. The van der Waals surface area contributed by atoms with E-state index in [0.717, 1.165) is 16.2 Å². The first-order valence-corrected chi connectivity index (χ1v) is 6.60. The molecule has 0 aliphatic heterocycles. The Balaban J connectivity index is 1.91. The second-order valence-corrected chi connectivity index (χ2v) is 5.01. The van der Waals surface area contributed by atoms with Crippen LogP contribution in [0.3, 0.4) is 0 Å². The molecule has 2 aromatic heterocycles. The maximum Gasteiger partial charge on any atom is 0.268 e.